The summed E-state index contributed by atoms with van der Waals surface area (Å²) in [5.74, 6) is 2.37. The minimum Gasteiger partial charge on any atom is -0.496 e. The van der Waals surface area contributed by atoms with Crippen LogP contribution in [0.15, 0.2) is 35.6 Å². The number of hydrogen-bond acceptors (Lipinski definition) is 3. The third kappa shape index (κ3) is 6.01. The summed E-state index contributed by atoms with van der Waals surface area (Å²) in [6, 6.07) is 5.68. The number of aromatic nitrogens is 2. The zero-order valence-corrected chi connectivity index (χ0v) is 19.8. The maximum Gasteiger partial charge on any atom is 0.194 e. The lowest BCUT2D eigenvalue weighted by molar-refractivity contribution is 0.409. The molecule has 3 rings (SSSR count). The fourth-order valence-electron chi connectivity index (χ4n) is 3.54. The van der Waals surface area contributed by atoms with Gasteiger partial charge < -0.3 is 15.0 Å². The number of guanidine groups is 1. The number of aryl methyl sites for hydroxylation is 1. The number of methoxy groups -OCH3 is 1. The Balaban J connectivity index is 0.00000280. The Morgan fingerprint density at radius 2 is 2.25 bits per heavy atom. The summed E-state index contributed by atoms with van der Waals surface area (Å²) in [7, 11) is 3.62. The smallest absolute Gasteiger partial charge is 0.194 e. The fourth-order valence-corrected chi connectivity index (χ4v) is 3.70. The average Bonchev–Trinajstić information content (AvgIpc) is 3.28. The van der Waals surface area contributed by atoms with Crippen LogP contribution in [0.3, 0.4) is 0 Å². The fraction of sp³-hybridized carbons (Fsp3) is 0.500. The van der Waals surface area contributed by atoms with Crippen molar-refractivity contribution in [2.45, 2.75) is 26.3 Å². The van der Waals surface area contributed by atoms with Crippen molar-refractivity contribution in [2.24, 2.45) is 18.0 Å². The van der Waals surface area contributed by atoms with Crippen LogP contribution in [0, 0.1) is 5.92 Å². The summed E-state index contributed by atoms with van der Waals surface area (Å²) in [6.45, 7) is 5.54. The van der Waals surface area contributed by atoms with Crippen LogP contribution in [0.2, 0.25) is 5.02 Å². The highest BCUT2D eigenvalue weighted by atomic mass is 127. The predicted octanol–water partition coefficient (Wildman–Crippen LogP) is 3.73. The maximum absolute atomic E-state index is 6.05. The van der Waals surface area contributed by atoms with Crippen molar-refractivity contribution in [2.75, 3.05) is 26.7 Å². The van der Waals surface area contributed by atoms with Gasteiger partial charge in [-0.25, -0.2) is 4.99 Å². The quantitative estimate of drug-likeness (QED) is 0.360. The Labute approximate surface area is 189 Å². The predicted molar refractivity (Wildman–Crippen MR) is 125 cm³/mol. The number of nitrogens with one attached hydrogen (secondary N) is 1. The van der Waals surface area contributed by atoms with E-state index in [-0.39, 0.29) is 24.0 Å². The van der Waals surface area contributed by atoms with Crippen LogP contribution in [0.25, 0.3) is 0 Å². The maximum atomic E-state index is 6.05. The van der Waals surface area contributed by atoms with Crippen molar-refractivity contribution >= 4 is 41.5 Å². The van der Waals surface area contributed by atoms with Gasteiger partial charge in [-0.3, -0.25) is 4.68 Å². The first kappa shape index (κ1) is 22.8. The molecule has 2 heterocycles. The van der Waals surface area contributed by atoms with Gasteiger partial charge >= 0.3 is 0 Å². The first-order valence-corrected chi connectivity index (χ1v) is 9.80. The molecule has 0 bridgehead atoms. The molecule has 1 aromatic carbocycles. The van der Waals surface area contributed by atoms with Crippen LogP contribution in [-0.2, 0) is 20.0 Å². The number of nitrogens with zero attached hydrogens (tertiary/aromatic N) is 4. The molecule has 1 aromatic heterocycles. The van der Waals surface area contributed by atoms with E-state index in [4.69, 9.17) is 21.3 Å². The highest BCUT2D eigenvalue weighted by Crippen LogP contribution is 2.24. The van der Waals surface area contributed by atoms with E-state index < -0.39 is 0 Å². The highest BCUT2D eigenvalue weighted by molar-refractivity contribution is 14.0. The van der Waals surface area contributed by atoms with Crippen molar-refractivity contribution in [3.63, 3.8) is 0 Å². The van der Waals surface area contributed by atoms with E-state index in [2.05, 4.69) is 28.4 Å². The Morgan fingerprint density at radius 1 is 1.43 bits per heavy atom. The third-order valence-corrected chi connectivity index (χ3v) is 5.09. The topological polar surface area (TPSA) is 54.7 Å². The van der Waals surface area contributed by atoms with E-state index in [1.54, 1.807) is 7.11 Å². The first-order valence-electron chi connectivity index (χ1n) is 9.42. The van der Waals surface area contributed by atoms with Crippen LogP contribution in [-0.4, -0.2) is 47.4 Å². The van der Waals surface area contributed by atoms with Gasteiger partial charge in [-0.1, -0.05) is 17.7 Å². The number of halogens is 2. The van der Waals surface area contributed by atoms with Gasteiger partial charge in [0.25, 0.3) is 0 Å². The molecule has 1 unspecified atom stereocenters. The van der Waals surface area contributed by atoms with E-state index in [1.807, 2.05) is 36.1 Å². The van der Waals surface area contributed by atoms with Crippen LogP contribution >= 0.6 is 35.6 Å². The van der Waals surface area contributed by atoms with Crippen LogP contribution in [0.5, 0.6) is 5.75 Å². The lowest BCUT2D eigenvalue weighted by Gasteiger charge is -2.22. The molecule has 1 saturated heterocycles. The van der Waals surface area contributed by atoms with Gasteiger partial charge in [-0.15, -0.1) is 24.0 Å². The van der Waals surface area contributed by atoms with Gasteiger partial charge in [0.1, 0.15) is 5.75 Å². The van der Waals surface area contributed by atoms with Gasteiger partial charge in [0.15, 0.2) is 5.96 Å². The minimum atomic E-state index is 0. The molecule has 0 saturated carbocycles. The zero-order valence-electron chi connectivity index (χ0n) is 16.7. The number of aliphatic imine (C=N–C) groups is 1. The molecule has 2 aromatic rings. The van der Waals surface area contributed by atoms with Crippen molar-refractivity contribution in [1.29, 1.82) is 0 Å². The molecule has 1 N–H and O–H groups in total. The molecule has 8 heteroatoms. The van der Waals surface area contributed by atoms with Crippen LogP contribution in [0.1, 0.15) is 24.5 Å². The van der Waals surface area contributed by atoms with Crippen molar-refractivity contribution in [3.05, 3.63) is 46.7 Å². The zero-order chi connectivity index (χ0) is 19.2. The second-order valence-electron chi connectivity index (χ2n) is 6.95. The van der Waals surface area contributed by atoms with Crippen LogP contribution in [0.4, 0.5) is 0 Å². The van der Waals surface area contributed by atoms with Crippen molar-refractivity contribution in [3.8, 4) is 5.75 Å². The lowest BCUT2D eigenvalue weighted by atomic mass is 10.0. The number of hydrogen-bond donors (Lipinski definition) is 1. The minimum absolute atomic E-state index is 0. The Morgan fingerprint density at radius 3 is 2.93 bits per heavy atom. The first-order chi connectivity index (χ1) is 13.1. The van der Waals surface area contributed by atoms with E-state index in [1.165, 1.54) is 12.0 Å². The molecule has 28 heavy (non-hydrogen) atoms. The molecule has 0 radical (unpaired) electrons. The third-order valence-electron chi connectivity index (χ3n) is 4.85. The summed E-state index contributed by atoms with van der Waals surface area (Å²) in [4.78, 5) is 7.20. The van der Waals surface area contributed by atoms with Gasteiger partial charge in [-0.2, -0.15) is 5.10 Å². The highest BCUT2D eigenvalue weighted by Gasteiger charge is 2.25. The molecule has 0 spiro atoms. The van der Waals surface area contributed by atoms with Gasteiger partial charge in [0, 0.05) is 43.5 Å². The number of ether oxygens (including phenoxy) is 1. The largest absolute Gasteiger partial charge is 0.496 e. The molecule has 1 atom stereocenters. The molecule has 0 amide bonds. The Bertz CT molecular complexity index is 795. The molecule has 1 fully saturated rings. The van der Waals surface area contributed by atoms with E-state index in [0.29, 0.717) is 17.5 Å². The van der Waals surface area contributed by atoms with Gasteiger partial charge in [0.05, 0.1) is 19.9 Å². The molecule has 0 aliphatic carbocycles. The molecular formula is C20H29ClIN5O. The summed E-state index contributed by atoms with van der Waals surface area (Å²) in [6.07, 6.45) is 6.31. The number of benzene rings is 1. The molecule has 6 nitrogen and oxygen atoms in total. The van der Waals surface area contributed by atoms with Gasteiger partial charge in [-0.05, 0) is 43.4 Å². The Hall–Kier alpha value is -1.48. The molecule has 1 aliphatic rings. The normalized spacial score (nSPS) is 16.8. The summed E-state index contributed by atoms with van der Waals surface area (Å²) in [5, 5.41) is 8.37. The lowest BCUT2D eigenvalue weighted by Crippen LogP contribution is -2.40. The molecular weight excluding hydrogens is 489 g/mol. The average molecular weight is 518 g/mol. The van der Waals surface area contributed by atoms with Gasteiger partial charge in [0.2, 0.25) is 0 Å². The SMILES string of the molecule is CCNC(=NCc1ccc(Cl)cc1OC)N1CCC(Cc2cnn(C)c2)C1.I. The van der Waals surface area contributed by atoms with Crippen LogP contribution < -0.4 is 10.1 Å². The standard InChI is InChI=1S/C20H28ClN5O.HI/c1-4-22-20(23-12-17-5-6-18(21)10-19(17)27-3)26-8-7-15(14-26)9-16-11-24-25(2)13-16;/h5-6,10-11,13,15H,4,7-9,12,14H2,1-3H3,(H,22,23);1H. The van der Waals surface area contributed by atoms with Crippen molar-refractivity contribution < 1.29 is 4.74 Å². The molecule has 1 aliphatic heterocycles. The summed E-state index contributed by atoms with van der Waals surface area (Å²) >= 11 is 6.05. The number of rotatable bonds is 6. The summed E-state index contributed by atoms with van der Waals surface area (Å²) in [5.41, 5.74) is 2.33. The van der Waals surface area contributed by atoms with E-state index >= 15 is 0 Å². The number of likely N-dealkylation sites (tertiary alicyclic amines) is 1. The van der Waals surface area contributed by atoms with Crippen molar-refractivity contribution in [1.82, 2.24) is 20.0 Å². The van der Waals surface area contributed by atoms with E-state index in [9.17, 15) is 0 Å². The monoisotopic (exact) mass is 517 g/mol. The Kier molecular flexibility index (Phi) is 8.88. The summed E-state index contributed by atoms with van der Waals surface area (Å²) < 4.78 is 7.30. The van der Waals surface area contributed by atoms with E-state index in [0.717, 1.165) is 43.3 Å². The second-order valence-corrected chi connectivity index (χ2v) is 7.39. The second kappa shape index (κ2) is 10.9. The molecule has 154 valence electrons.